The lowest BCUT2D eigenvalue weighted by molar-refractivity contribution is -0.139. The molecule has 0 bridgehead atoms. The van der Waals surface area contributed by atoms with Crippen LogP contribution >= 0.6 is 0 Å². The third-order valence-electron chi connectivity index (χ3n) is 4.90. The fraction of sp³-hybridized carbons (Fsp3) is 0.182. The van der Waals surface area contributed by atoms with Gasteiger partial charge in [-0.3, -0.25) is 19.2 Å². The van der Waals surface area contributed by atoms with E-state index in [4.69, 9.17) is 0 Å². The Balaban J connectivity index is 1.80. The number of ketones is 2. The maximum absolute atomic E-state index is 12.8. The molecule has 0 saturated heterocycles. The molecular formula is C22H20N2O7S. The summed E-state index contributed by atoms with van der Waals surface area (Å²) in [7, 11) is -1.61. The Morgan fingerprint density at radius 2 is 1.84 bits per heavy atom. The number of carbonyl (C=O) groups is 4. The molecule has 0 spiro atoms. The molecule has 1 atom stereocenters. The van der Waals surface area contributed by atoms with Crippen LogP contribution in [0.3, 0.4) is 0 Å². The number of hydrogen-bond acceptors (Lipinski definition) is 7. The zero-order chi connectivity index (χ0) is 23.5. The number of amides is 1. The number of nitrogens with zero attached hydrogens (tertiary/aromatic N) is 1. The minimum Gasteiger partial charge on any atom is -0.468 e. The number of methoxy groups -OCH3 is 1. The van der Waals surface area contributed by atoms with E-state index in [-0.39, 0.29) is 22.6 Å². The molecule has 1 amide bonds. The number of esters is 1. The van der Waals surface area contributed by atoms with Crippen LogP contribution < -0.4 is 5.32 Å². The van der Waals surface area contributed by atoms with Gasteiger partial charge in [-0.05, 0) is 35.9 Å². The Morgan fingerprint density at radius 1 is 1.12 bits per heavy atom. The van der Waals surface area contributed by atoms with E-state index < -0.39 is 39.5 Å². The topological polar surface area (TPSA) is 127 Å². The lowest BCUT2D eigenvalue weighted by atomic mass is 9.99. The molecule has 3 rings (SSSR count). The van der Waals surface area contributed by atoms with Gasteiger partial charge >= 0.3 is 5.97 Å². The second-order valence-corrected chi connectivity index (χ2v) is 8.87. The van der Waals surface area contributed by atoms with Crippen LogP contribution in [0.2, 0.25) is 0 Å². The van der Waals surface area contributed by atoms with Crippen molar-refractivity contribution in [3.05, 3.63) is 71.3 Å². The third-order valence-corrected chi connectivity index (χ3v) is 6.78. The zero-order valence-electron chi connectivity index (χ0n) is 17.3. The van der Waals surface area contributed by atoms with Gasteiger partial charge < -0.3 is 10.1 Å². The Bertz CT molecular complexity index is 1230. The minimum absolute atomic E-state index is 0.0263. The molecule has 0 saturated carbocycles. The number of sulfonamides is 1. The van der Waals surface area contributed by atoms with Crippen molar-refractivity contribution < 1.29 is 32.3 Å². The predicted molar refractivity (Wildman–Crippen MR) is 114 cm³/mol. The van der Waals surface area contributed by atoms with E-state index in [1.165, 1.54) is 56.6 Å². The van der Waals surface area contributed by atoms with Crippen molar-refractivity contribution in [2.45, 2.75) is 10.9 Å². The molecule has 1 aliphatic rings. The molecule has 1 unspecified atom stereocenters. The Kier molecular flexibility index (Phi) is 6.66. The van der Waals surface area contributed by atoms with Crippen molar-refractivity contribution in [3.8, 4) is 0 Å². The molecule has 9 nitrogen and oxygen atoms in total. The first kappa shape index (κ1) is 23.0. The summed E-state index contributed by atoms with van der Waals surface area (Å²) in [6.07, 6.45) is 2.49. The predicted octanol–water partition coefficient (Wildman–Crippen LogP) is 1.06. The number of benzene rings is 2. The lowest BCUT2D eigenvalue weighted by Gasteiger charge is -2.30. The highest BCUT2D eigenvalue weighted by Crippen LogP contribution is 2.29. The van der Waals surface area contributed by atoms with Crippen LogP contribution in [0, 0.1) is 0 Å². The molecule has 1 N–H and O–H groups in total. The first-order valence-electron chi connectivity index (χ1n) is 9.45. The van der Waals surface area contributed by atoms with Gasteiger partial charge in [-0.25, -0.2) is 8.42 Å². The molecule has 0 fully saturated rings. The van der Waals surface area contributed by atoms with E-state index in [1.54, 1.807) is 12.1 Å². The molecule has 1 aliphatic heterocycles. The maximum Gasteiger partial charge on any atom is 0.325 e. The quantitative estimate of drug-likeness (QED) is 0.391. The Morgan fingerprint density at radius 3 is 2.56 bits per heavy atom. The normalized spacial score (nSPS) is 17.6. The van der Waals surface area contributed by atoms with Gasteiger partial charge in [0.1, 0.15) is 6.54 Å². The summed E-state index contributed by atoms with van der Waals surface area (Å²) in [5, 5.41) is 2.40. The van der Waals surface area contributed by atoms with Crippen molar-refractivity contribution in [2.24, 2.45) is 0 Å². The van der Waals surface area contributed by atoms with Gasteiger partial charge in [0.2, 0.25) is 10.0 Å². The number of fused-ring (bicyclic) bond motifs is 1. The first-order valence-corrected chi connectivity index (χ1v) is 10.9. The van der Waals surface area contributed by atoms with E-state index in [0.29, 0.717) is 5.56 Å². The number of nitrogens with one attached hydrogen (secondary N) is 1. The average Bonchev–Trinajstić information content (AvgIpc) is 2.80. The summed E-state index contributed by atoms with van der Waals surface area (Å²) in [6, 6.07) is 10.4. The van der Waals surface area contributed by atoms with Gasteiger partial charge in [0.05, 0.1) is 12.0 Å². The van der Waals surface area contributed by atoms with Gasteiger partial charge in [0.15, 0.2) is 17.6 Å². The number of carbonyl (C=O) groups excluding carboxylic acids is 4. The SMILES string of the molecule is COC(=O)CNC(=O)c1cccc(C=CC(=O)C2C(=O)c3ccccc3S(=O)(=O)N2C)c1. The summed E-state index contributed by atoms with van der Waals surface area (Å²) < 4.78 is 30.6. The smallest absolute Gasteiger partial charge is 0.325 e. The Labute approximate surface area is 184 Å². The van der Waals surface area contributed by atoms with Crippen LogP contribution in [0.1, 0.15) is 26.3 Å². The summed E-state index contributed by atoms with van der Waals surface area (Å²) >= 11 is 0. The summed E-state index contributed by atoms with van der Waals surface area (Å²) in [4.78, 5) is 48.8. The van der Waals surface area contributed by atoms with Gasteiger partial charge in [0.25, 0.3) is 5.91 Å². The second-order valence-electron chi connectivity index (χ2n) is 6.90. The van der Waals surface area contributed by atoms with E-state index in [9.17, 15) is 27.6 Å². The van der Waals surface area contributed by atoms with Crippen molar-refractivity contribution in [1.29, 1.82) is 0 Å². The Hall–Kier alpha value is -3.63. The van der Waals surface area contributed by atoms with E-state index in [0.717, 1.165) is 10.4 Å². The van der Waals surface area contributed by atoms with Crippen molar-refractivity contribution >= 4 is 39.5 Å². The van der Waals surface area contributed by atoms with Crippen LogP contribution in [0.5, 0.6) is 0 Å². The number of likely N-dealkylation sites (N-methyl/N-ethyl adjacent to an activating group) is 1. The van der Waals surface area contributed by atoms with E-state index in [2.05, 4.69) is 10.1 Å². The largest absolute Gasteiger partial charge is 0.468 e. The van der Waals surface area contributed by atoms with E-state index >= 15 is 0 Å². The molecule has 1 heterocycles. The maximum atomic E-state index is 12.8. The highest BCUT2D eigenvalue weighted by molar-refractivity contribution is 7.89. The minimum atomic E-state index is -4.00. The summed E-state index contributed by atoms with van der Waals surface area (Å²) in [6.45, 7) is -0.292. The van der Waals surface area contributed by atoms with Gasteiger partial charge in [-0.15, -0.1) is 0 Å². The average molecular weight is 456 g/mol. The summed E-state index contributed by atoms with van der Waals surface area (Å²) in [5.41, 5.74) is 0.686. The number of rotatable bonds is 6. The summed E-state index contributed by atoms with van der Waals surface area (Å²) in [5.74, 6) is -2.43. The van der Waals surface area contributed by atoms with Gasteiger partial charge in [0, 0.05) is 18.2 Å². The van der Waals surface area contributed by atoms with Gasteiger partial charge in [-0.1, -0.05) is 30.3 Å². The zero-order valence-corrected chi connectivity index (χ0v) is 18.1. The van der Waals surface area contributed by atoms with Crippen LogP contribution in [-0.2, 0) is 24.3 Å². The fourth-order valence-electron chi connectivity index (χ4n) is 3.19. The molecule has 0 aliphatic carbocycles. The van der Waals surface area contributed by atoms with E-state index in [1.807, 2.05) is 0 Å². The van der Waals surface area contributed by atoms with Crippen LogP contribution in [0.4, 0.5) is 0 Å². The number of hydrogen-bond donors (Lipinski definition) is 1. The van der Waals surface area contributed by atoms with Crippen LogP contribution in [-0.4, -0.2) is 62.9 Å². The molecule has 0 aromatic heterocycles. The van der Waals surface area contributed by atoms with Crippen LogP contribution in [0.25, 0.3) is 6.08 Å². The first-order chi connectivity index (χ1) is 15.2. The highest BCUT2D eigenvalue weighted by atomic mass is 32.2. The number of ether oxygens (including phenoxy) is 1. The van der Waals surface area contributed by atoms with Crippen molar-refractivity contribution in [1.82, 2.24) is 9.62 Å². The molecule has 2 aromatic rings. The molecule has 2 aromatic carbocycles. The second kappa shape index (κ2) is 9.25. The molecule has 0 radical (unpaired) electrons. The molecular weight excluding hydrogens is 436 g/mol. The number of Topliss-reactive ketones (excluding diaryl/α,β-unsaturated/α-hetero) is 1. The molecule has 166 valence electrons. The molecule has 10 heteroatoms. The lowest BCUT2D eigenvalue weighted by Crippen LogP contribution is -2.50. The van der Waals surface area contributed by atoms with Crippen molar-refractivity contribution in [2.75, 3.05) is 20.7 Å². The fourth-order valence-corrected chi connectivity index (χ4v) is 4.67. The van der Waals surface area contributed by atoms with Crippen molar-refractivity contribution in [3.63, 3.8) is 0 Å². The monoisotopic (exact) mass is 456 g/mol. The standard InChI is InChI=1S/C22H20N2O7S/c1-24-20(21(27)16-8-3-4-9-18(16)32(24,29)30)17(25)11-10-14-6-5-7-15(12-14)22(28)23-13-19(26)31-2/h3-12,20H,13H2,1-2H3,(H,23,28). The van der Waals surface area contributed by atoms with Crippen LogP contribution in [0.15, 0.2) is 59.5 Å². The highest BCUT2D eigenvalue weighted by Gasteiger charge is 2.44. The molecule has 32 heavy (non-hydrogen) atoms. The van der Waals surface area contributed by atoms with Gasteiger partial charge in [-0.2, -0.15) is 4.31 Å². The third kappa shape index (κ3) is 4.51.